The van der Waals surface area contributed by atoms with Crippen LogP contribution in [0.1, 0.15) is 24.6 Å². The minimum atomic E-state index is 0.103. The van der Waals surface area contributed by atoms with Crippen molar-refractivity contribution in [1.29, 1.82) is 0 Å². The van der Waals surface area contributed by atoms with Crippen LogP contribution < -0.4 is 0 Å². The number of hydrogen-bond donors (Lipinski definition) is 0. The number of amides is 1. The number of aryl methyl sites for hydroxylation is 1. The van der Waals surface area contributed by atoms with Crippen LogP contribution in [-0.4, -0.2) is 33.0 Å². The molecule has 0 unspecified atom stereocenters. The number of aromatic nitrogens is 2. The van der Waals surface area contributed by atoms with Crippen molar-refractivity contribution < 1.29 is 4.79 Å². The SMILES string of the molecule is CC(=O)N1CCc2c(c(-c3ccc(Cl)cc3)nn2CCCCl)C1. The summed E-state index contributed by atoms with van der Waals surface area (Å²) in [7, 11) is 0. The third-order valence-corrected chi connectivity index (χ3v) is 4.72. The minimum Gasteiger partial charge on any atom is -0.338 e. The lowest BCUT2D eigenvalue weighted by Crippen LogP contribution is -2.34. The molecule has 1 aromatic heterocycles. The molecule has 1 aromatic carbocycles. The summed E-state index contributed by atoms with van der Waals surface area (Å²) in [6.45, 7) is 3.78. The number of halogens is 2. The summed E-state index contributed by atoms with van der Waals surface area (Å²) in [4.78, 5) is 13.6. The van der Waals surface area contributed by atoms with Crippen molar-refractivity contribution in [1.82, 2.24) is 14.7 Å². The molecule has 0 saturated heterocycles. The zero-order chi connectivity index (χ0) is 16.4. The molecule has 122 valence electrons. The molecule has 3 rings (SSSR count). The Morgan fingerprint density at radius 3 is 2.70 bits per heavy atom. The van der Waals surface area contributed by atoms with Crippen LogP contribution in [0, 0.1) is 0 Å². The molecule has 1 amide bonds. The van der Waals surface area contributed by atoms with Gasteiger partial charge < -0.3 is 4.90 Å². The Morgan fingerprint density at radius 2 is 2.04 bits per heavy atom. The highest BCUT2D eigenvalue weighted by molar-refractivity contribution is 6.30. The van der Waals surface area contributed by atoms with Crippen LogP contribution in [0.2, 0.25) is 5.02 Å². The second-order valence-corrected chi connectivity index (χ2v) is 6.55. The molecule has 2 heterocycles. The number of carbonyl (C=O) groups is 1. The molecule has 0 saturated carbocycles. The van der Waals surface area contributed by atoms with Crippen LogP contribution in [0.4, 0.5) is 0 Å². The van der Waals surface area contributed by atoms with Crippen LogP contribution in [0.15, 0.2) is 24.3 Å². The number of benzene rings is 1. The van der Waals surface area contributed by atoms with E-state index in [4.69, 9.17) is 28.3 Å². The third kappa shape index (κ3) is 3.38. The summed E-state index contributed by atoms with van der Waals surface area (Å²) < 4.78 is 2.05. The standard InChI is InChI=1S/C17H19Cl2N3O/c1-12(23)21-10-7-16-15(11-21)17(20-22(16)9-2-8-18)13-3-5-14(19)6-4-13/h3-6H,2,7-11H2,1H3. The normalized spacial score (nSPS) is 14.0. The molecule has 0 N–H and O–H groups in total. The molecule has 0 radical (unpaired) electrons. The first-order valence-corrected chi connectivity index (χ1v) is 8.67. The van der Waals surface area contributed by atoms with Gasteiger partial charge in [-0.2, -0.15) is 5.10 Å². The molecule has 0 aliphatic carbocycles. The summed E-state index contributed by atoms with van der Waals surface area (Å²) in [6.07, 6.45) is 1.71. The van der Waals surface area contributed by atoms with Crippen molar-refractivity contribution >= 4 is 29.1 Å². The smallest absolute Gasteiger partial charge is 0.219 e. The van der Waals surface area contributed by atoms with E-state index in [0.717, 1.165) is 42.8 Å². The Kier molecular flexibility index (Phi) is 4.93. The van der Waals surface area contributed by atoms with E-state index >= 15 is 0 Å². The van der Waals surface area contributed by atoms with Gasteiger partial charge in [0.15, 0.2) is 0 Å². The minimum absolute atomic E-state index is 0.103. The molecule has 1 aliphatic heterocycles. The van der Waals surface area contributed by atoms with Gasteiger partial charge in [-0.05, 0) is 18.6 Å². The first kappa shape index (κ1) is 16.3. The molecular formula is C17H19Cl2N3O. The fourth-order valence-electron chi connectivity index (χ4n) is 2.99. The van der Waals surface area contributed by atoms with Crippen molar-refractivity contribution in [2.45, 2.75) is 32.9 Å². The third-order valence-electron chi connectivity index (χ3n) is 4.20. The van der Waals surface area contributed by atoms with Crippen LogP contribution >= 0.6 is 23.2 Å². The highest BCUT2D eigenvalue weighted by Crippen LogP contribution is 2.31. The number of carbonyl (C=O) groups excluding carboxylic acids is 1. The van der Waals surface area contributed by atoms with Gasteiger partial charge in [-0.1, -0.05) is 23.7 Å². The van der Waals surface area contributed by atoms with Crippen LogP contribution in [0.5, 0.6) is 0 Å². The lowest BCUT2D eigenvalue weighted by Gasteiger charge is -2.26. The fraction of sp³-hybridized carbons (Fsp3) is 0.412. The molecule has 23 heavy (non-hydrogen) atoms. The Hall–Kier alpha value is -1.52. The average Bonchev–Trinajstić information content (AvgIpc) is 2.91. The quantitative estimate of drug-likeness (QED) is 0.787. The maximum absolute atomic E-state index is 11.7. The highest BCUT2D eigenvalue weighted by Gasteiger charge is 2.26. The molecule has 4 nitrogen and oxygen atoms in total. The second-order valence-electron chi connectivity index (χ2n) is 5.74. The zero-order valence-electron chi connectivity index (χ0n) is 13.1. The summed E-state index contributed by atoms with van der Waals surface area (Å²) in [5, 5.41) is 5.50. The van der Waals surface area contributed by atoms with Gasteiger partial charge in [0.1, 0.15) is 0 Å². The number of nitrogens with zero attached hydrogens (tertiary/aromatic N) is 3. The number of rotatable bonds is 4. The largest absolute Gasteiger partial charge is 0.338 e. The molecule has 0 atom stereocenters. The molecule has 0 bridgehead atoms. The van der Waals surface area contributed by atoms with Gasteiger partial charge in [0.25, 0.3) is 0 Å². The van der Waals surface area contributed by atoms with E-state index < -0.39 is 0 Å². The molecule has 1 aliphatic rings. The van der Waals surface area contributed by atoms with Gasteiger partial charge in [0.05, 0.1) is 5.69 Å². The van der Waals surface area contributed by atoms with Crippen LogP contribution in [0.3, 0.4) is 0 Å². The second kappa shape index (κ2) is 6.93. The lowest BCUT2D eigenvalue weighted by atomic mass is 10.0. The van der Waals surface area contributed by atoms with Crippen molar-refractivity contribution in [2.24, 2.45) is 0 Å². The molecule has 0 spiro atoms. The van der Waals surface area contributed by atoms with Crippen molar-refractivity contribution in [3.05, 3.63) is 40.5 Å². The predicted octanol–water partition coefficient (Wildman–Crippen LogP) is 3.74. The Bertz CT molecular complexity index is 709. The van der Waals surface area contributed by atoms with Gasteiger partial charge in [0, 0.05) is 60.7 Å². The first-order valence-electron chi connectivity index (χ1n) is 7.76. The van der Waals surface area contributed by atoms with E-state index in [2.05, 4.69) is 4.68 Å². The molecule has 0 fully saturated rings. The van der Waals surface area contributed by atoms with Crippen LogP contribution in [-0.2, 0) is 24.3 Å². The van der Waals surface area contributed by atoms with Gasteiger partial charge in [-0.15, -0.1) is 11.6 Å². The van der Waals surface area contributed by atoms with E-state index in [1.54, 1.807) is 6.92 Å². The van der Waals surface area contributed by atoms with Gasteiger partial charge >= 0.3 is 0 Å². The van der Waals surface area contributed by atoms with Crippen molar-refractivity contribution in [2.75, 3.05) is 12.4 Å². The number of hydrogen-bond acceptors (Lipinski definition) is 2. The van der Waals surface area contributed by atoms with Crippen molar-refractivity contribution in [3.63, 3.8) is 0 Å². The highest BCUT2D eigenvalue weighted by atomic mass is 35.5. The fourth-order valence-corrected chi connectivity index (χ4v) is 3.24. The molecule has 2 aromatic rings. The Labute approximate surface area is 146 Å². The van der Waals surface area contributed by atoms with E-state index in [0.29, 0.717) is 17.4 Å². The molecular weight excluding hydrogens is 333 g/mol. The maximum atomic E-state index is 11.7. The predicted molar refractivity (Wildman–Crippen MR) is 92.8 cm³/mol. The number of fused-ring (bicyclic) bond motifs is 1. The zero-order valence-corrected chi connectivity index (χ0v) is 14.6. The summed E-state index contributed by atoms with van der Waals surface area (Å²) in [5.41, 5.74) is 4.33. The van der Waals surface area contributed by atoms with Gasteiger partial charge in [-0.25, -0.2) is 0 Å². The van der Waals surface area contributed by atoms with E-state index in [9.17, 15) is 4.79 Å². The van der Waals surface area contributed by atoms with Gasteiger partial charge in [0.2, 0.25) is 5.91 Å². The van der Waals surface area contributed by atoms with Crippen LogP contribution in [0.25, 0.3) is 11.3 Å². The number of alkyl halides is 1. The molecule has 6 heteroatoms. The Balaban J connectivity index is 2.02. The monoisotopic (exact) mass is 351 g/mol. The van der Waals surface area contributed by atoms with Gasteiger partial charge in [-0.3, -0.25) is 9.48 Å². The Morgan fingerprint density at radius 1 is 1.30 bits per heavy atom. The van der Waals surface area contributed by atoms with E-state index in [1.807, 2.05) is 29.2 Å². The first-order chi connectivity index (χ1) is 11.1. The average molecular weight is 352 g/mol. The topological polar surface area (TPSA) is 38.1 Å². The summed E-state index contributed by atoms with van der Waals surface area (Å²) >= 11 is 11.8. The van der Waals surface area contributed by atoms with Crippen molar-refractivity contribution in [3.8, 4) is 11.3 Å². The summed E-state index contributed by atoms with van der Waals surface area (Å²) in [6, 6.07) is 7.69. The lowest BCUT2D eigenvalue weighted by molar-refractivity contribution is -0.129. The van der Waals surface area contributed by atoms with E-state index in [1.165, 1.54) is 5.69 Å². The van der Waals surface area contributed by atoms with E-state index in [-0.39, 0.29) is 5.91 Å². The summed E-state index contributed by atoms with van der Waals surface area (Å²) in [5.74, 6) is 0.719. The maximum Gasteiger partial charge on any atom is 0.219 e.